The highest BCUT2D eigenvalue weighted by molar-refractivity contribution is 6.04. The lowest BCUT2D eigenvalue weighted by atomic mass is 10.1. The predicted molar refractivity (Wildman–Crippen MR) is 89.9 cm³/mol. The van der Waals surface area contributed by atoms with Crippen LogP contribution in [0.25, 0.3) is 10.8 Å². The third kappa shape index (κ3) is 3.30. The molecule has 1 amide bonds. The number of alkyl halides is 3. The van der Waals surface area contributed by atoms with E-state index in [4.69, 9.17) is 0 Å². The van der Waals surface area contributed by atoms with Crippen LogP contribution in [0.15, 0.2) is 53.3 Å². The van der Waals surface area contributed by atoms with E-state index >= 15 is 0 Å². The summed E-state index contributed by atoms with van der Waals surface area (Å²) in [4.78, 5) is 24.7. The van der Waals surface area contributed by atoms with Gasteiger partial charge >= 0.3 is 6.18 Å². The third-order valence-electron chi connectivity index (χ3n) is 3.92. The molecule has 1 aromatic heterocycles. The highest BCUT2D eigenvalue weighted by atomic mass is 19.4. The molecule has 1 N–H and O–H groups in total. The van der Waals surface area contributed by atoms with E-state index in [0.717, 1.165) is 16.8 Å². The first-order chi connectivity index (χ1) is 12.3. The first kappa shape index (κ1) is 17.7. The number of carbonyl (C=O) groups excluding carboxylic acids is 1. The van der Waals surface area contributed by atoms with Crippen molar-refractivity contribution in [2.24, 2.45) is 0 Å². The Bertz CT molecular complexity index is 1020. The van der Waals surface area contributed by atoms with Crippen LogP contribution in [0.5, 0.6) is 0 Å². The standard InChI is InChI=1S/C18H14F3N3O2/c1-22-16(25)15-13-4-2-3-5-14(13)17(26)24(23-15)10-11-6-8-12(9-7-11)18(19,20)21/h2-9H,10H2,1H3,(H,22,25). The van der Waals surface area contributed by atoms with Crippen molar-refractivity contribution < 1.29 is 18.0 Å². The summed E-state index contributed by atoms with van der Waals surface area (Å²) < 4.78 is 39.0. The largest absolute Gasteiger partial charge is 0.416 e. The highest BCUT2D eigenvalue weighted by Gasteiger charge is 2.30. The van der Waals surface area contributed by atoms with Gasteiger partial charge in [-0.25, -0.2) is 4.68 Å². The zero-order chi connectivity index (χ0) is 18.9. The molecule has 0 aliphatic carbocycles. The highest BCUT2D eigenvalue weighted by Crippen LogP contribution is 2.29. The minimum absolute atomic E-state index is 0.0498. The van der Waals surface area contributed by atoms with Gasteiger partial charge in [0.2, 0.25) is 0 Å². The first-order valence-corrected chi connectivity index (χ1v) is 7.69. The van der Waals surface area contributed by atoms with Gasteiger partial charge in [-0.2, -0.15) is 18.3 Å². The molecule has 0 bridgehead atoms. The van der Waals surface area contributed by atoms with Crippen LogP contribution in [0.1, 0.15) is 21.6 Å². The lowest BCUT2D eigenvalue weighted by Crippen LogP contribution is -2.29. The Balaban J connectivity index is 2.06. The molecular weight excluding hydrogens is 347 g/mol. The zero-order valence-electron chi connectivity index (χ0n) is 13.7. The Kier molecular flexibility index (Phi) is 4.50. The Labute approximate surface area is 146 Å². The minimum atomic E-state index is -4.43. The fraction of sp³-hybridized carbons (Fsp3) is 0.167. The smallest absolute Gasteiger partial charge is 0.354 e. The molecule has 26 heavy (non-hydrogen) atoms. The number of nitrogens with zero attached hydrogens (tertiary/aromatic N) is 2. The van der Waals surface area contributed by atoms with Gasteiger partial charge in [-0.1, -0.05) is 30.3 Å². The van der Waals surface area contributed by atoms with Gasteiger partial charge in [0.25, 0.3) is 11.5 Å². The van der Waals surface area contributed by atoms with E-state index in [2.05, 4.69) is 10.4 Å². The van der Waals surface area contributed by atoms with Crippen molar-refractivity contribution in [3.8, 4) is 0 Å². The number of rotatable bonds is 3. The van der Waals surface area contributed by atoms with Crippen molar-refractivity contribution in [1.29, 1.82) is 0 Å². The van der Waals surface area contributed by atoms with Crippen molar-refractivity contribution in [3.63, 3.8) is 0 Å². The van der Waals surface area contributed by atoms with Gasteiger partial charge in [0, 0.05) is 12.4 Å². The number of halogens is 3. The van der Waals surface area contributed by atoms with E-state index in [0.29, 0.717) is 16.3 Å². The summed E-state index contributed by atoms with van der Waals surface area (Å²) in [5.74, 6) is -0.456. The van der Waals surface area contributed by atoms with Crippen LogP contribution in [0.4, 0.5) is 13.2 Å². The molecule has 0 aliphatic rings. The molecule has 0 aliphatic heterocycles. The summed E-state index contributed by atoms with van der Waals surface area (Å²) in [6.45, 7) is -0.0498. The molecule has 0 radical (unpaired) electrons. The maximum Gasteiger partial charge on any atom is 0.416 e. The third-order valence-corrected chi connectivity index (χ3v) is 3.92. The maximum absolute atomic E-state index is 12.7. The number of aromatic nitrogens is 2. The van der Waals surface area contributed by atoms with Crippen LogP contribution in [0.2, 0.25) is 0 Å². The predicted octanol–water partition coefficient (Wildman–Crippen LogP) is 2.82. The van der Waals surface area contributed by atoms with Crippen LogP contribution in [-0.2, 0) is 12.7 Å². The summed E-state index contributed by atoms with van der Waals surface area (Å²) in [7, 11) is 1.45. The van der Waals surface area contributed by atoms with Gasteiger partial charge in [0.05, 0.1) is 17.5 Å². The fourth-order valence-corrected chi connectivity index (χ4v) is 2.60. The van der Waals surface area contributed by atoms with Gasteiger partial charge in [-0.3, -0.25) is 9.59 Å². The molecule has 8 heteroatoms. The molecule has 0 atom stereocenters. The zero-order valence-corrected chi connectivity index (χ0v) is 13.7. The summed E-state index contributed by atoms with van der Waals surface area (Å²) in [6.07, 6.45) is -4.43. The quantitative estimate of drug-likeness (QED) is 0.780. The molecule has 1 heterocycles. The molecule has 2 aromatic carbocycles. The lowest BCUT2D eigenvalue weighted by Gasteiger charge is -2.11. The number of fused-ring (bicyclic) bond motifs is 1. The monoisotopic (exact) mass is 361 g/mol. The van der Waals surface area contributed by atoms with E-state index in [1.165, 1.54) is 19.2 Å². The Hall–Kier alpha value is -3.16. The van der Waals surface area contributed by atoms with E-state index in [-0.39, 0.29) is 12.2 Å². The normalized spacial score (nSPS) is 11.5. The summed E-state index contributed by atoms with van der Waals surface area (Å²) >= 11 is 0. The fourth-order valence-electron chi connectivity index (χ4n) is 2.60. The van der Waals surface area contributed by atoms with Crippen molar-refractivity contribution >= 4 is 16.7 Å². The lowest BCUT2D eigenvalue weighted by molar-refractivity contribution is -0.137. The molecular formula is C18H14F3N3O2. The Morgan fingerprint density at radius 2 is 1.69 bits per heavy atom. The number of hydrogen-bond acceptors (Lipinski definition) is 3. The van der Waals surface area contributed by atoms with Gasteiger partial charge in [0.15, 0.2) is 5.69 Å². The molecule has 5 nitrogen and oxygen atoms in total. The molecule has 0 spiro atoms. The molecule has 3 aromatic rings. The van der Waals surface area contributed by atoms with Gasteiger partial charge in [-0.15, -0.1) is 0 Å². The molecule has 0 unspecified atom stereocenters. The SMILES string of the molecule is CNC(=O)c1nn(Cc2ccc(C(F)(F)F)cc2)c(=O)c2ccccc12. The second-order valence-electron chi connectivity index (χ2n) is 5.63. The number of carbonyl (C=O) groups is 1. The summed E-state index contributed by atoms with van der Waals surface area (Å²) in [5.41, 5.74) is -0.653. The first-order valence-electron chi connectivity index (χ1n) is 7.69. The molecule has 0 saturated carbocycles. The van der Waals surface area contributed by atoms with Gasteiger partial charge in [0.1, 0.15) is 0 Å². The summed E-state index contributed by atoms with van der Waals surface area (Å²) in [6, 6.07) is 11.0. The van der Waals surface area contributed by atoms with Crippen LogP contribution in [0.3, 0.4) is 0 Å². The number of nitrogens with one attached hydrogen (secondary N) is 1. The number of benzene rings is 2. The molecule has 3 rings (SSSR count). The second kappa shape index (κ2) is 6.62. The maximum atomic E-state index is 12.7. The van der Waals surface area contributed by atoms with Crippen LogP contribution < -0.4 is 10.9 Å². The Morgan fingerprint density at radius 1 is 1.08 bits per heavy atom. The molecule has 0 fully saturated rings. The van der Waals surface area contributed by atoms with Gasteiger partial charge < -0.3 is 5.32 Å². The average molecular weight is 361 g/mol. The Morgan fingerprint density at radius 3 is 2.27 bits per heavy atom. The molecule has 0 saturated heterocycles. The average Bonchev–Trinajstić information content (AvgIpc) is 2.63. The van der Waals surface area contributed by atoms with Crippen LogP contribution >= 0.6 is 0 Å². The number of amides is 1. The van der Waals surface area contributed by atoms with Crippen LogP contribution in [-0.4, -0.2) is 22.7 Å². The van der Waals surface area contributed by atoms with Crippen molar-refractivity contribution in [3.05, 3.63) is 75.7 Å². The van der Waals surface area contributed by atoms with Crippen LogP contribution in [0, 0.1) is 0 Å². The van der Waals surface area contributed by atoms with E-state index in [9.17, 15) is 22.8 Å². The number of hydrogen-bond donors (Lipinski definition) is 1. The van der Waals surface area contributed by atoms with Crippen molar-refractivity contribution in [2.45, 2.75) is 12.7 Å². The van der Waals surface area contributed by atoms with Crippen molar-refractivity contribution in [1.82, 2.24) is 15.1 Å². The van der Waals surface area contributed by atoms with Crippen molar-refractivity contribution in [2.75, 3.05) is 7.05 Å². The van der Waals surface area contributed by atoms with E-state index in [1.54, 1.807) is 24.3 Å². The van der Waals surface area contributed by atoms with Gasteiger partial charge in [-0.05, 0) is 23.8 Å². The van der Waals surface area contributed by atoms with E-state index < -0.39 is 23.2 Å². The molecule has 134 valence electrons. The second-order valence-corrected chi connectivity index (χ2v) is 5.63. The topological polar surface area (TPSA) is 64.0 Å². The van der Waals surface area contributed by atoms with E-state index in [1.807, 2.05) is 0 Å². The minimum Gasteiger partial charge on any atom is -0.354 e. The summed E-state index contributed by atoms with van der Waals surface area (Å²) in [5, 5.41) is 7.30.